The molecule has 2 aliphatic rings. The Morgan fingerprint density at radius 2 is 2.15 bits per heavy atom. The number of carbonyl (C=O) groups is 1. The van der Waals surface area contributed by atoms with Crippen LogP contribution in [0.25, 0.3) is 11.0 Å². The Balaban J connectivity index is 1.24. The van der Waals surface area contributed by atoms with E-state index in [9.17, 15) is 4.79 Å². The summed E-state index contributed by atoms with van der Waals surface area (Å²) in [5.74, 6) is 0.792. The van der Waals surface area contributed by atoms with Gasteiger partial charge < -0.3 is 18.8 Å². The van der Waals surface area contributed by atoms with Crippen LogP contribution in [-0.2, 0) is 4.74 Å². The number of nitrogens with zero attached hydrogens (tertiary/aromatic N) is 3. The van der Waals surface area contributed by atoms with Crippen LogP contribution in [0.1, 0.15) is 23.4 Å². The number of ether oxygens (including phenoxy) is 2. The maximum Gasteiger partial charge on any atom is 0.289 e. The first-order valence-electron chi connectivity index (χ1n) is 9.05. The van der Waals surface area contributed by atoms with E-state index in [-0.39, 0.29) is 17.6 Å². The maximum atomic E-state index is 12.7. The average Bonchev–Trinajstić information content (AvgIpc) is 3.11. The highest BCUT2D eigenvalue weighted by molar-refractivity contribution is 5.96. The molecule has 0 saturated carbocycles. The maximum absolute atomic E-state index is 12.7. The van der Waals surface area contributed by atoms with Gasteiger partial charge in [-0.25, -0.2) is 4.98 Å². The van der Waals surface area contributed by atoms with Gasteiger partial charge in [0.2, 0.25) is 5.88 Å². The average molecular weight is 365 g/mol. The third kappa shape index (κ3) is 3.04. The number of hydrogen-bond acceptors (Lipinski definition) is 6. The van der Waals surface area contributed by atoms with E-state index in [0.717, 1.165) is 23.8 Å². The zero-order valence-corrected chi connectivity index (χ0v) is 14.7. The quantitative estimate of drug-likeness (QED) is 0.710. The summed E-state index contributed by atoms with van der Waals surface area (Å²) < 4.78 is 17.6. The minimum absolute atomic E-state index is 0.0129. The first kappa shape index (κ1) is 16.3. The van der Waals surface area contributed by atoms with Gasteiger partial charge in [0.25, 0.3) is 5.91 Å². The molecule has 2 aromatic heterocycles. The van der Waals surface area contributed by atoms with Crippen molar-refractivity contribution in [2.24, 2.45) is 0 Å². The molecule has 0 unspecified atom stereocenters. The van der Waals surface area contributed by atoms with Gasteiger partial charge in [-0.05, 0) is 12.1 Å². The summed E-state index contributed by atoms with van der Waals surface area (Å²) in [6.45, 7) is 1.70. The molecule has 2 aliphatic heterocycles. The van der Waals surface area contributed by atoms with Crippen molar-refractivity contribution < 1.29 is 18.7 Å². The summed E-state index contributed by atoms with van der Waals surface area (Å²) in [4.78, 5) is 22.7. The molecule has 27 heavy (non-hydrogen) atoms. The van der Waals surface area contributed by atoms with E-state index < -0.39 is 0 Å². The number of fused-ring (bicyclic) bond motifs is 1. The molecule has 2 fully saturated rings. The van der Waals surface area contributed by atoms with E-state index in [2.05, 4.69) is 9.97 Å². The third-order valence-corrected chi connectivity index (χ3v) is 5.16. The number of likely N-dealkylation sites (tertiary alicyclic amines) is 1. The summed E-state index contributed by atoms with van der Waals surface area (Å²) in [5, 5.41) is 0.933. The lowest BCUT2D eigenvalue weighted by Gasteiger charge is -2.52. The van der Waals surface area contributed by atoms with Crippen LogP contribution in [0.15, 0.2) is 53.3 Å². The molecule has 0 bridgehead atoms. The highest BCUT2D eigenvalue weighted by Crippen LogP contribution is 2.36. The molecule has 1 amide bonds. The second-order valence-electron chi connectivity index (χ2n) is 7.12. The fourth-order valence-electron chi connectivity index (χ4n) is 3.86. The van der Waals surface area contributed by atoms with Crippen molar-refractivity contribution in [3.63, 3.8) is 0 Å². The van der Waals surface area contributed by atoms with Crippen LogP contribution in [0.4, 0.5) is 0 Å². The van der Waals surface area contributed by atoms with Crippen molar-refractivity contribution in [2.75, 3.05) is 19.7 Å². The predicted molar refractivity (Wildman–Crippen MR) is 96.5 cm³/mol. The number of benzene rings is 1. The van der Waals surface area contributed by atoms with Gasteiger partial charge in [-0.15, -0.1) is 0 Å². The molecule has 1 atom stereocenters. The Morgan fingerprint density at radius 3 is 2.96 bits per heavy atom. The standard InChI is InChI=1S/C20H19N3O4/c24-19(17-9-14-3-1-2-4-16(14)27-17)23-12-20(13-23)10-15(5-8-25-20)26-18-11-21-6-7-22-18/h1-4,6-7,9,11,15H,5,8,10,12-13H2/t15-/m0/s1. The van der Waals surface area contributed by atoms with Gasteiger partial charge in [0.15, 0.2) is 5.76 Å². The van der Waals surface area contributed by atoms with E-state index in [4.69, 9.17) is 13.9 Å². The van der Waals surface area contributed by atoms with Crippen LogP contribution in [0.2, 0.25) is 0 Å². The Hall–Kier alpha value is -2.93. The third-order valence-electron chi connectivity index (χ3n) is 5.16. The normalized spacial score (nSPS) is 21.2. The molecular weight excluding hydrogens is 346 g/mol. The molecule has 5 rings (SSSR count). The molecular formula is C20H19N3O4. The molecule has 2 saturated heterocycles. The first-order valence-corrected chi connectivity index (χ1v) is 9.05. The molecule has 7 heteroatoms. The van der Waals surface area contributed by atoms with Crippen LogP contribution < -0.4 is 4.74 Å². The van der Waals surface area contributed by atoms with Crippen LogP contribution >= 0.6 is 0 Å². The number of carbonyl (C=O) groups excluding carboxylic acids is 1. The number of furan rings is 1. The predicted octanol–water partition coefficient (Wildman–Crippen LogP) is 2.68. The summed E-state index contributed by atoms with van der Waals surface area (Å²) >= 11 is 0. The SMILES string of the molecule is O=C(c1cc2ccccc2o1)N1CC2(C[C@@H](Oc3cnccn3)CCO2)C1. The lowest BCUT2D eigenvalue weighted by molar-refractivity contribution is -0.174. The summed E-state index contributed by atoms with van der Waals surface area (Å²) in [7, 11) is 0. The van der Waals surface area contributed by atoms with E-state index in [0.29, 0.717) is 31.3 Å². The van der Waals surface area contributed by atoms with Gasteiger partial charge >= 0.3 is 0 Å². The highest BCUT2D eigenvalue weighted by Gasteiger charge is 2.50. The van der Waals surface area contributed by atoms with Gasteiger partial charge in [0, 0.05) is 30.6 Å². The van der Waals surface area contributed by atoms with Gasteiger partial charge in [0.1, 0.15) is 17.3 Å². The molecule has 1 spiro atoms. The van der Waals surface area contributed by atoms with Crippen molar-refractivity contribution in [2.45, 2.75) is 24.5 Å². The number of amides is 1. The molecule has 4 heterocycles. The van der Waals surface area contributed by atoms with Gasteiger partial charge in [0.05, 0.1) is 25.9 Å². The fraction of sp³-hybridized carbons (Fsp3) is 0.350. The number of aromatic nitrogens is 2. The van der Waals surface area contributed by atoms with E-state index >= 15 is 0 Å². The van der Waals surface area contributed by atoms with E-state index in [1.54, 1.807) is 29.6 Å². The van der Waals surface area contributed by atoms with Crippen molar-refractivity contribution >= 4 is 16.9 Å². The largest absolute Gasteiger partial charge is 0.473 e. The lowest BCUT2D eigenvalue weighted by atomic mass is 9.84. The van der Waals surface area contributed by atoms with Crippen molar-refractivity contribution in [1.82, 2.24) is 14.9 Å². The fourth-order valence-corrected chi connectivity index (χ4v) is 3.86. The number of para-hydroxylation sites is 1. The highest BCUT2D eigenvalue weighted by atomic mass is 16.5. The molecule has 0 radical (unpaired) electrons. The second-order valence-corrected chi connectivity index (χ2v) is 7.12. The van der Waals surface area contributed by atoms with Gasteiger partial charge in [-0.2, -0.15) is 0 Å². The van der Waals surface area contributed by atoms with Crippen molar-refractivity contribution in [1.29, 1.82) is 0 Å². The van der Waals surface area contributed by atoms with Crippen molar-refractivity contribution in [3.05, 3.63) is 54.7 Å². The zero-order chi connectivity index (χ0) is 18.3. The Bertz CT molecular complexity index is 933. The molecule has 0 aliphatic carbocycles. The monoisotopic (exact) mass is 365 g/mol. The van der Waals surface area contributed by atoms with E-state index in [1.165, 1.54) is 0 Å². The number of hydrogen-bond donors (Lipinski definition) is 0. The molecule has 0 N–H and O–H groups in total. The lowest BCUT2D eigenvalue weighted by Crippen LogP contribution is -2.67. The van der Waals surface area contributed by atoms with Crippen LogP contribution in [0.3, 0.4) is 0 Å². The summed E-state index contributed by atoms with van der Waals surface area (Å²) in [5.41, 5.74) is 0.384. The minimum Gasteiger partial charge on any atom is -0.473 e. The Kier molecular flexibility index (Phi) is 3.82. The summed E-state index contributed by atoms with van der Waals surface area (Å²) in [6.07, 6.45) is 6.38. The van der Waals surface area contributed by atoms with Crippen LogP contribution in [0, 0.1) is 0 Å². The van der Waals surface area contributed by atoms with Crippen LogP contribution in [0.5, 0.6) is 5.88 Å². The van der Waals surface area contributed by atoms with Gasteiger partial charge in [-0.1, -0.05) is 18.2 Å². The van der Waals surface area contributed by atoms with E-state index in [1.807, 2.05) is 24.3 Å². The molecule has 3 aromatic rings. The zero-order valence-electron chi connectivity index (χ0n) is 14.7. The Labute approximate surface area is 155 Å². The smallest absolute Gasteiger partial charge is 0.289 e. The van der Waals surface area contributed by atoms with Crippen LogP contribution in [-0.4, -0.2) is 52.2 Å². The minimum atomic E-state index is -0.340. The first-order chi connectivity index (χ1) is 13.2. The van der Waals surface area contributed by atoms with Gasteiger partial charge in [-0.3, -0.25) is 9.78 Å². The molecule has 1 aromatic carbocycles. The molecule has 7 nitrogen and oxygen atoms in total. The van der Waals surface area contributed by atoms with Crippen molar-refractivity contribution in [3.8, 4) is 5.88 Å². The topological polar surface area (TPSA) is 77.7 Å². The Morgan fingerprint density at radius 1 is 1.26 bits per heavy atom. The summed E-state index contributed by atoms with van der Waals surface area (Å²) in [6, 6.07) is 9.42. The second kappa shape index (κ2) is 6.35. The molecule has 138 valence electrons. The number of rotatable bonds is 3.